The lowest BCUT2D eigenvalue weighted by molar-refractivity contribution is -0.706. The molecule has 0 N–H and O–H groups in total. The summed E-state index contributed by atoms with van der Waals surface area (Å²) >= 11 is 0. The molecule has 0 heterocycles. The second-order valence-electron chi connectivity index (χ2n) is 5.43. The molecule has 0 aliphatic carbocycles. The molecular weight excluding hydrogens is 408 g/mol. The molecule has 0 fully saturated rings. The Kier molecular flexibility index (Phi) is 8.92. The van der Waals surface area contributed by atoms with E-state index < -0.39 is 32.7 Å². The van der Waals surface area contributed by atoms with Crippen molar-refractivity contribution in [2.75, 3.05) is 26.2 Å². The summed E-state index contributed by atoms with van der Waals surface area (Å²) in [6, 6.07) is 1.30. The zero-order chi connectivity index (χ0) is 22.8. The molecule has 0 aliphatic heterocycles. The van der Waals surface area contributed by atoms with E-state index in [1.54, 1.807) is 27.7 Å². The van der Waals surface area contributed by atoms with Crippen LogP contribution in [-0.4, -0.2) is 56.0 Å². The number of nitro benzene ring substituents is 2. The first-order valence-corrected chi connectivity index (χ1v) is 8.86. The summed E-state index contributed by atoms with van der Waals surface area (Å²) in [5.74, 6) is -1.24. The predicted octanol–water partition coefficient (Wildman–Crippen LogP) is 2.53. The van der Waals surface area contributed by atoms with Crippen molar-refractivity contribution >= 4 is 11.4 Å². The lowest BCUT2D eigenvalue weighted by Gasteiger charge is -2.13. The lowest BCUT2D eigenvalue weighted by atomic mass is 10.2. The molecule has 0 aliphatic rings. The monoisotopic (exact) mass is 430 g/mol. The zero-order valence-corrected chi connectivity index (χ0v) is 16.8. The molecule has 30 heavy (non-hydrogen) atoms. The smallest absolute Gasteiger partial charge is 0.321 e. The molecule has 0 atom stereocenters. The van der Waals surface area contributed by atoms with E-state index in [1.807, 2.05) is 0 Å². The quantitative estimate of drug-likeness (QED) is 0.206. The third kappa shape index (κ3) is 6.01. The Labute approximate surface area is 170 Å². The van der Waals surface area contributed by atoms with Gasteiger partial charge in [0.15, 0.2) is 0 Å². The van der Waals surface area contributed by atoms with Gasteiger partial charge in [0.1, 0.15) is 6.07 Å². The third-order valence-corrected chi connectivity index (χ3v) is 3.80. The van der Waals surface area contributed by atoms with Gasteiger partial charge in [0.2, 0.25) is 22.1 Å². The van der Waals surface area contributed by atoms with Crippen LogP contribution < -0.4 is 9.68 Å². The van der Waals surface area contributed by atoms with Gasteiger partial charge in [0.25, 0.3) is 0 Å². The summed E-state index contributed by atoms with van der Waals surface area (Å²) in [5.41, 5.74) is -1.68. The topological polar surface area (TPSA) is 188 Å². The molecule has 1 rings (SSSR count). The number of benzene rings is 1. The Morgan fingerprint density at radius 1 is 0.733 bits per heavy atom. The number of nitrogens with zero attached hydrogens (tertiary/aromatic N) is 8. The van der Waals surface area contributed by atoms with E-state index in [9.17, 15) is 30.6 Å². The van der Waals surface area contributed by atoms with Gasteiger partial charge in [0.05, 0.1) is 46.0 Å². The fourth-order valence-corrected chi connectivity index (χ4v) is 2.16. The van der Waals surface area contributed by atoms with E-state index in [4.69, 9.17) is 9.68 Å². The first-order chi connectivity index (χ1) is 14.2. The van der Waals surface area contributed by atoms with Crippen LogP contribution in [0.3, 0.4) is 0 Å². The fourth-order valence-electron chi connectivity index (χ4n) is 2.16. The second kappa shape index (κ2) is 11.1. The maximum atomic E-state index is 11.8. The van der Waals surface area contributed by atoms with Crippen LogP contribution in [0.5, 0.6) is 11.5 Å². The first-order valence-electron chi connectivity index (χ1n) is 8.86. The molecule has 16 nitrogen and oxygen atoms in total. The van der Waals surface area contributed by atoms with Gasteiger partial charge in [0, 0.05) is 6.07 Å². The molecule has 0 saturated carbocycles. The average Bonchev–Trinajstić information content (AvgIpc) is 2.71. The van der Waals surface area contributed by atoms with Gasteiger partial charge in [-0.3, -0.25) is 29.9 Å². The van der Waals surface area contributed by atoms with Gasteiger partial charge in [-0.1, -0.05) is 0 Å². The van der Waals surface area contributed by atoms with Crippen LogP contribution in [0.25, 0.3) is 0 Å². The van der Waals surface area contributed by atoms with Crippen molar-refractivity contribution in [3.05, 3.63) is 42.8 Å². The van der Waals surface area contributed by atoms with Gasteiger partial charge < -0.3 is 10.4 Å². The van der Waals surface area contributed by atoms with Crippen LogP contribution in [0.15, 0.2) is 22.7 Å². The minimum absolute atomic E-state index is 0.0792. The first kappa shape index (κ1) is 24.1. The van der Waals surface area contributed by atoms with Gasteiger partial charge >= 0.3 is 11.4 Å². The van der Waals surface area contributed by atoms with E-state index >= 15 is 0 Å². The molecule has 0 radical (unpaired) electrons. The van der Waals surface area contributed by atoms with E-state index in [-0.39, 0.29) is 36.1 Å². The van der Waals surface area contributed by atoms with Crippen molar-refractivity contribution in [3.8, 4) is 11.5 Å². The Bertz CT molecular complexity index is 759. The maximum absolute atomic E-state index is 11.8. The average molecular weight is 430 g/mol. The third-order valence-electron chi connectivity index (χ3n) is 3.80. The van der Waals surface area contributed by atoms with Crippen LogP contribution in [-0.2, 0) is 0 Å². The molecule has 166 valence electrons. The minimum atomic E-state index is -0.957. The van der Waals surface area contributed by atoms with Gasteiger partial charge in [-0.2, -0.15) is 0 Å². The predicted molar refractivity (Wildman–Crippen MR) is 99.0 cm³/mol. The highest BCUT2D eigenvalue weighted by atomic mass is 16.7. The maximum Gasteiger partial charge on any atom is 0.321 e. The second-order valence-corrected chi connectivity index (χ2v) is 5.43. The Morgan fingerprint density at radius 2 is 1.07 bits per heavy atom. The van der Waals surface area contributed by atoms with E-state index in [0.29, 0.717) is 6.07 Å². The minimum Gasteiger partial charge on any atom is -0.569 e. The Hall–Kier alpha value is -3.98. The summed E-state index contributed by atoms with van der Waals surface area (Å²) in [5, 5.41) is 55.0. The lowest BCUT2D eigenvalue weighted by Crippen LogP contribution is -2.30. The Morgan fingerprint density at radius 3 is 1.33 bits per heavy atom. The van der Waals surface area contributed by atoms with Crippen molar-refractivity contribution in [2.45, 2.75) is 27.7 Å². The largest absolute Gasteiger partial charge is 0.569 e. The standard InChI is InChI=1S/C14H22N8O8/c1-5-17(6-2)21(27)15-29-13-10-14(30-16-22(28)18(7-3)8-4)12(20(25)26)9-11(13)19(23)24/h9-10H,5-8H2,1-4H3/b21-15-,22-16+. The molecular formula is C14H22N8O8. The molecule has 0 spiro atoms. The van der Waals surface area contributed by atoms with Crippen LogP contribution in [0.4, 0.5) is 11.4 Å². The van der Waals surface area contributed by atoms with Crippen molar-refractivity contribution in [3.63, 3.8) is 0 Å². The highest BCUT2D eigenvalue weighted by molar-refractivity contribution is 5.61. The van der Waals surface area contributed by atoms with Crippen LogP contribution in [0, 0.1) is 30.6 Å². The van der Waals surface area contributed by atoms with Crippen LogP contribution in [0.2, 0.25) is 0 Å². The molecule has 1 aromatic carbocycles. The summed E-state index contributed by atoms with van der Waals surface area (Å²) < 4.78 is 0. The van der Waals surface area contributed by atoms with Crippen molar-refractivity contribution in [1.82, 2.24) is 10.0 Å². The SMILES string of the molecule is CCN(CC)/[N+]([O-])=N/Oc1cc(O/N=[N+](/[O-])N(CC)CC)c([N+](=O)[O-])cc1[N+](=O)[O-]. The molecule has 0 saturated heterocycles. The Balaban J connectivity index is 3.39. The van der Waals surface area contributed by atoms with E-state index in [2.05, 4.69) is 10.6 Å². The highest BCUT2D eigenvalue weighted by Crippen LogP contribution is 2.39. The molecule has 16 heteroatoms. The summed E-state index contributed by atoms with van der Waals surface area (Å²) in [4.78, 5) is 30.4. The van der Waals surface area contributed by atoms with Gasteiger partial charge in [-0.05, 0) is 27.7 Å². The van der Waals surface area contributed by atoms with Crippen molar-refractivity contribution in [1.29, 1.82) is 0 Å². The number of rotatable bonds is 12. The number of hydrogen-bond donors (Lipinski definition) is 0. The normalized spacial score (nSPS) is 11.7. The summed E-state index contributed by atoms with van der Waals surface area (Å²) in [7, 11) is 0. The number of nitro groups is 2. The summed E-state index contributed by atoms with van der Waals surface area (Å²) in [6.07, 6.45) is 0. The van der Waals surface area contributed by atoms with Gasteiger partial charge in [-0.15, -0.1) is 10.0 Å². The number of hydrazine groups is 2. The van der Waals surface area contributed by atoms with Crippen LogP contribution in [0.1, 0.15) is 27.7 Å². The molecule has 0 amide bonds. The van der Waals surface area contributed by atoms with Crippen molar-refractivity contribution < 1.29 is 29.5 Å². The van der Waals surface area contributed by atoms with Crippen molar-refractivity contribution in [2.24, 2.45) is 10.6 Å². The highest BCUT2D eigenvalue weighted by Gasteiger charge is 2.29. The molecule has 0 unspecified atom stereocenters. The fraction of sp³-hybridized carbons (Fsp3) is 0.571. The zero-order valence-electron chi connectivity index (χ0n) is 16.8. The molecule has 0 bridgehead atoms. The van der Waals surface area contributed by atoms with E-state index in [1.165, 1.54) is 10.0 Å². The molecule has 1 aromatic rings. The van der Waals surface area contributed by atoms with Gasteiger partial charge in [-0.25, -0.2) is 0 Å². The molecule has 0 aromatic heterocycles. The van der Waals surface area contributed by atoms with E-state index in [0.717, 1.165) is 6.07 Å². The summed E-state index contributed by atoms with van der Waals surface area (Å²) in [6.45, 7) is 7.85. The number of hydrogen-bond acceptors (Lipinski definition) is 10. The van der Waals surface area contributed by atoms with Crippen LogP contribution >= 0.6 is 0 Å².